The van der Waals surface area contributed by atoms with Gasteiger partial charge in [0.05, 0.1) is 18.8 Å². The SMILES string of the molecule is O=C(CN1CCN(c2ccc(O)cc2)CC1)N1CCC(c2ccccc2)=N1. The highest BCUT2D eigenvalue weighted by Gasteiger charge is 2.25. The van der Waals surface area contributed by atoms with Gasteiger partial charge < -0.3 is 10.0 Å². The number of rotatable bonds is 4. The fraction of sp³-hybridized carbons (Fsp3) is 0.333. The predicted molar refractivity (Wildman–Crippen MR) is 106 cm³/mol. The highest BCUT2D eigenvalue weighted by Crippen LogP contribution is 2.20. The van der Waals surface area contributed by atoms with E-state index in [2.05, 4.69) is 14.9 Å². The molecule has 2 heterocycles. The van der Waals surface area contributed by atoms with Crippen LogP contribution in [-0.2, 0) is 4.79 Å². The summed E-state index contributed by atoms with van der Waals surface area (Å²) in [5.41, 5.74) is 3.19. The molecule has 0 saturated carbocycles. The number of aromatic hydroxyl groups is 1. The Morgan fingerprint density at radius 2 is 1.63 bits per heavy atom. The van der Waals surface area contributed by atoms with Gasteiger partial charge in [0.1, 0.15) is 5.75 Å². The van der Waals surface area contributed by atoms with Crippen LogP contribution in [-0.4, -0.2) is 65.9 Å². The number of carbonyl (C=O) groups is 1. The number of phenols is 1. The third kappa shape index (κ3) is 4.11. The molecule has 6 heteroatoms. The third-order valence-electron chi connectivity index (χ3n) is 5.14. The number of piperazine rings is 1. The normalized spacial score (nSPS) is 17.9. The summed E-state index contributed by atoms with van der Waals surface area (Å²) in [6, 6.07) is 17.3. The average molecular weight is 364 g/mol. The quantitative estimate of drug-likeness (QED) is 0.903. The Balaban J connectivity index is 1.30. The zero-order chi connectivity index (χ0) is 18.6. The van der Waals surface area contributed by atoms with E-state index >= 15 is 0 Å². The van der Waals surface area contributed by atoms with Crippen LogP contribution in [0.25, 0.3) is 0 Å². The molecule has 0 radical (unpaired) electrons. The van der Waals surface area contributed by atoms with E-state index in [0.29, 0.717) is 13.1 Å². The molecule has 1 fully saturated rings. The molecule has 2 aromatic rings. The van der Waals surface area contributed by atoms with E-state index in [1.165, 1.54) is 0 Å². The van der Waals surface area contributed by atoms with Gasteiger partial charge in [0, 0.05) is 38.3 Å². The second kappa shape index (κ2) is 7.80. The van der Waals surface area contributed by atoms with Gasteiger partial charge in [-0.2, -0.15) is 5.10 Å². The lowest BCUT2D eigenvalue weighted by Crippen LogP contribution is -2.49. The maximum atomic E-state index is 12.6. The van der Waals surface area contributed by atoms with Gasteiger partial charge in [0.15, 0.2) is 0 Å². The van der Waals surface area contributed by atoms with Crippen LogP contribution in [0, 0.1) is 0 Å². The molecule has 1 N–H and O–H groups in total. The topological polar surface area (TPSA) is 59.4 Å². The van der Waals surface area contributed by atoms with Gasteiger partial charge in [-0.15, -0.1) is 0 Å². The number of hydrogen-bond acceptors (Lipinski definition) is 5. The summed E-state index contributed by atoms with van der Waals surface area (Å²) in [7, 11) is 0. The second-order valence-corrected chi connectivity index (χ2v) is 6.96. The lowest BCUT2D eigenvalue weighted by Gasteiger charge is -2.36. The van der Waals surface area contributed by atoms with E-state index in [9.17, 15) is 9.90 Å². The Bertz CT molecular complexity index is 812. The fourth-order valence-corrected chi connectivity index (χ4v) is 3.57. The first-order chi connectivity index (χ1) is 13.2. The molecule has 6 nitrogen and oxygen atoms in total. The number of nitrogens with zero attached hydrogens (tertiary/aromatic N) is 4. The maximum Gasteiger partial charge on any atom is 0.256 e. The van der Waals surface area contributed by atoms with E-state index < -0.39 is 0 Å². The number of hydrazone groups is 1. The highest BCUT2D eigenvalue weighted by atomic mass is 16.3. The van der Waals surface area contributed by atoms with Crippen LogP contribution in [0.1, 0.15) is 12.0 Å². The molecule has 2 aliphatic rings. The van der Waals surface area contributed by atoms with Crippen molar-refractivity contribution in [1.29, 1.82) is 0 Å². The molecule has 0 atom stereocenters. The van der Waals surface area contributed by atoms with Crippen LogP contribution < -0.4 is 4.90 Å². The van der Waals surface area contributed by atoms with E-state index in [4.69, 9.17) is 0 Å². The largest absolute Gasteiger partial charge is 0.508 e. The van der Waals surface area contributed by atoms with Gasteiger partial charge in [-0.25, -0.2) is 5.01 Å². The van der Waals surface area contributed by atoms with Crippen molar-refractivity contribution in [2.75, 3.05) is 44.2 Å². The minimum atomic E-state index is 0.0685. The van der Waals surface area contributed by atoms with Gasteiger partial charge in [0.2, 0.25) is 0 Å². The molecule has 0 bridgehead atoms. The van der Waals surface area contributed by atoms with Crippen LogP contribution in [0.5, 0.6) is 5.75 Å². The Hall–Kier alpha value is -2.86. The van der Waals surface area contributed by atoms with Gasteiger partial charge in [-0.1, -0.05) is 30.3 Å². The number of carbonyl (C=O) groups excluding carboxylic acids is 1. The summed E-state index contributed by atoms with van der Waals surface area (Å²) >= 11 is 0. The third-order valence-corrected chi connectivity index (χ3v) is 5.14. The first-order valence-electron chi connectivity index (χ1n) is 9.39. The molecule has 4 rings (SSSR count). The van der Waals surface area contributed by atoms with Crippen molar-refractivity contribution >= 4 is 17.3 Å². The van der Waals surface area contributed by atoms with Crippen molar-refractivity contribution in [3.05, 3.63) is 60.2 Å². The first-order valence-corrected chi connectivity index (χ1v) is 9.39. The Morgan fingerprint density at radius 1 is 0.926 bits per heavy atom. The summed E-state index contributed by atoms with van der Waals surface area (Å²) in [5.74, 6) is 0.350. The average Bonchev–Trinajstić information content (AvgIpc) is 3.20. The molecule has 140 valence electrons. The number of amides is 1. The van der Waals surface area contributed by atoms with Crippen LogP contribution in [0.4, 0.5) is 5.69 Å². The van der Waals surface area contributed by atoms with E-state index in [-0.39, 0.29) is 11.7 Å². The molecule has 0 aromatic heterocycles. The number of anilines is 1. The maximum absolute atomic E-state index is 12.6. The van der Waals surface area contributed by atoms with Crippen molar-refractivity contribution in [3.8, 4) is 5.75 Å². The summed E-state index contributed by atoms with van der Waals surface area (Å²) in [6.45, 7) is 4.50. The predicted octanol–water partition coefficient (Wildman–Crippen LogP) is 2.15. The van der Waals surface area contributed by atoms with E-state index in [1.807, 2.05) is 42.5 Å². The standard InChI is InChI=1S/C21H24N4O2/c26-19-8-6-18(7-9-19)24-14-12-23(13-15-24)16-21(27)25-11-10-20(22-25)17-4-2-1-3-5-17/h1-9,26H,10-16H2. The lowest BCUT2D eigenvalue weighted by atomic mass is 10.1. The summed E-state index contributed by atoms with van der Waals surface area (Å²) < 4.78 is 0. The van der Waals surface area contributed by atoms with E-state index in [0.717, 1.165) is 49.6 Å². The van der Waals surface area contributed by atoms with Crippen molar-refractivity contribution in [1.82, 2.24) is 9.91 Å². The van der Waals surface area contributed by atoms with Gasteiger partial charge in [-0.05, 0) is 29.8 Å². The number of benzene rings is 2. The Kier molecular flexibility index (Phi) is 5.07. The fourth-order valence-electron chi connectivity index (χ4n) is 3.57. The van der Waals surface area contributed by atoms with Gasteiger partial charge in [0.25, 0.3) is 5.91 Å². The van der Waals surface area contributed by atoms with Crippen LogP contribution in [0.15, 0.2) is 59.7 Å². The minimum absolute atomic E-state index is 0.0685. The van der Waals surface area contributed by atoms with Gasteiger partial charge >= 0.3 is 0 Å². The zero-order valence-electron chi connectivity index (χ0n) is 15.3. The van der Waals surface area contributed by atoms with Crippen LogP contribution >= 0.6 is 0 Å². The molecule has 0 spiro atoms. The van der Waals surface area contributed by atoms with Crippen molar-refractivity contribution in [3.63, 3.8) is 0 Å². The molecule has 1 amide bonds. The van der Waals surface area contributed by atoms with Crippen LogP contribution in [0.3, 0.4) is 0 Å². The summed E-state index contributed by atoms with van der Waals surface area (Å²) in [4.78, 5) is 17.1. The van der Waals surface area contributed by atoms with Crippen molar-refractivity contribution in [2.45, 2.75) is 6.42 Å². The second-order valence-electron chi connectivity index (χ2n) is 6.96. The monoisotopic (exact) mass is 364 g/mol. The van der Waals surface area contributed by atoms with Gasteiger partial charge in [-0.3, -0.25) is 9.69 Å². The number of phenolic OH excluding ortho intramolecular Hbond substituents is 1. The molecule has 27 heavy (non-hydrogen) atoms. The van der Waals surface area contributed by atoms with E-state index in [1.54, 1.807) is 17.1 Å². The first kappa shape index (κ1) is 17.5. The smallest absolute Gasteiger partial charge is 0.256 e. The van der Waals surface area contributed by atoms with Crippen molar-refractivity contribution in [2.24, 2.45) is 5.10 Å². The minimum Gasteiger partial charge on any atom is -0.508 e. The number of hydrogen-bond donors (Lipinski definition) is 1. The molecule has 0 unspecified atom stereocenters. The molecule has 1 saturated heterocycles. The molecular weight excluding hydrogens is 340 g/mol. The Labute approximate surface area is 159 Å². The molecule has 2 aromatic carbocycles. The molecule has 0 aliphatic carbocycles. The van der Waals surface area contributed by atoms with Crippen molar-refractivity contribution < 1.29 is 9.90 Å². The summed E-state index contributed by atoms with van der Waals surface area (Å²) in [6.07, 6.45) is 0.810. The molecular formula is C21H24N4O2. The molecule has 2 aliphatic heterocycles. The zero-order valence-corrected chi connectivity index (χ0v) is 15.3. The van der Waals surface area contributed by atoms with Crippen LogP contribution in [0.2, 0.25) is 0 Å². The lowest BCUT2D eigenvalue weighted by molar-refractivity contribution is -0.132. The summed E-state index contributed by atoms with van der Waals surface area (Å²) in [5, 5.41) is 15.6. The Morgan fingerprint density at radius 3 is 2.33 bits per heavy atom. The highest BCUT2D eigenvalue weighted by molar-refractivity contribution is 6.02.